The fourth-order valence-corrected chi connectivity index (χ4v) is 6.51. The molecular weight excluding hydrogens is 636 g/mol. The molecule has 1 atom stereocenters. The summed E-state index contributed by atoms with van der Waals surface area (Å²) in [6.07, 6.45) is 0.914. The van der Waals surface area contributed by atoms with Crippen molar-refractivity contribution in [3.63, 3.8) is 0 Å². The topological polar surface area (TPSA) is 129 Å². The van der Waals surface area contributed by atoms with Gasteiger partial charge < -0.3 is 24.8 Å². The number of carbonyl (C=O) groups excluding carboxylic acids is 3. The Morgan fingerprint density at radius 1 is 0.880 bits per heavy atom. The molecule has 2 N–H and O–H groups in total. The molecule has 3 amide bonds. The number of ether oxygens (including phenoxy) is 2. The molecule has 1 saturated heterocycles. The minimum atomic E-state index is -1.13. The third-order valence-corrected chi connectivity index (χ3v) is 10.1. The first-order chi connectivity index (χ1) is 24.0. The van der Waals surface area contributed by atoms with E-state index < -0.39 is 23.7 Å². The van der Waals surface area contributed by atoms with Crippen LogP contribution in [0.15, 0.2) is 72.8 Å². The third-order valence-electron chi connectivity index (χ3n) is 10.1. The Kier molecular flexibility index (Phi) is 11.8. The summed E-state index contributed by atoms with van der Waals surface area (Å²) in [6.45, 7) is 8.76. The summed E-state index contributed by atoms with van der Waals surface area (Å²) < 4.78 is 11.4. The predicted molar refractivity (Wildman–Crippen MR) is 190 cm³/mol. The first-order valence-corrected chi connectivity index (χ1v) is 17.4. The zero-order valence-corrected chi connectivity index (χ0v) is 29.4. The summed E-state index contributed by atoms with van der Waals surface area (Å²) in [5.74, 6) is -1.50. The highest BCUT2D eigenvalue weighted by Gasteiger charge is 2.32. The maximum Gasteiger partial charge on any atom is 0.410 e. The van der Waals surface area contributed by atoms with Gasteiger partial charge in [0.15, 0.2) is 0 Å². The van der Waals surface area contributed by atoms with Crippen LogP contribution in [-0.4, -0.2) is 102 Å². The number of aliphatic carboxylic acids is 1. The summed E-state index contributed by atoms with van der Waals surface area (Å²) in [6, 6.07) is 22.1. The standard InChI is InChI=1S/C39H48N4O7/c1-5-39(3,6-2)50-35(44)25-42-19-21-43(22-20-42)37(47)40-24-28-17-15-27(16-18-28)23-34(36(45)46)41(4)38(48)49-26-33-31-13-9-7-11-29(31)30-12-8-10-14-32(30)33/h7-18,33-34H,5-6,19-26H2,1-4H3,(H,40,47)(H,45,46)/t34-/m1/s1. The molecule has 5 rings (SSSR count). The van der Waals surface area contributed by atoms with Gasteiger partial charge in [0.05, 0.1) is 6.54 Å². The van der Waals surface area contributed by atoms with Gasteiger partial charge in [-0.1, -0.05) is 86.6 Å². The highest BCUT2D eigenvalue weighted by atomic mass is 16.6. The number of carboxylic acid groups (broad SMARTS) is 1. The largest absolute Gasteiger partial charge is 0.480 e. The first-order valence-electron chi connectivity index (χ1n) is 17.4. The number of piperazine rings is 1. The first kappa shape index (κ1) is 36.4. The van der Waals surface area contributed by atoms with Crippen LogP contribution in [0.2, 0.25) is 0 Å². The van der Waals surface area contributed by atoms with Crippen molar-refractivity contribution in [2.24, 2.45) is 0 Å². The van der Waals surface area contributed by atoms with E-state index in [1.54, 1.807) is 4.90 Å². The third kappa shape index (κ3) is 8.63. The van der Waals surface area contributed by atoms with Crippen LogP contribution in [0.5, 0.6) is 0 Å². The molecule has 266 valence electrons. The average molecular weight is 685 g/mol. The predicted octanol–water partition coefficient (Wildman–Crippen LogP) is 5.51. The van der Waals surface area contributed by atoms with Gasteiger partial charge in [0.2, 0.25) is 0 Å². The van der Waals surface area contributed by atoms with Gasteiger partial charge in [-0.25, -0.2) is 14.4 Å². The normalized spacial score (nSPS) is 15.1. The number of carbonyl (C=O) groups is 4. The maximum absolute atomic E-state index is 13.1. The van der Waals surface area contributed by atoms with E-state index in [1.807, 2.05) is 86.3 Å². The number of fused-ring (bicyclic) bond motifs is 3. The number of amides is 3. The highest BCUT2D eigenvalue weighted by Crippen LogP contribution is 2.44. The van der Waals surface area contributed by atoms with Crippen LogP contribution >= 0.6 is 0 Å². The Hall–Kier alpha value is -4.90. The molecule has 11 heteroatoms. The molecule has 1 aliphatic carbocycles. The maximum atomic E-state index is 13.1. The molecule has 0 aromatic heterocycles. The number of urea groups is 1. The second-order valence-corrected chi connectivity index (χ2v) is 13.3. The monoisotopic (exact) mass is 684 g/mol. The van der Waals surface area contributed by atoms with E-state index in [9.17, 15) is 24.3 Å². The molecule has 50 heavy (non-hydrogen) atoms. The molecule has 11 nitrogen and oxygen atoms in total. The van der Waals surface area contributed by atoms with Gasteiger partial charge in [0.1, 0.15) is 18.2 Å². The van der Waals surface area contributed by atoms with Crippen LogP contribution in [0.1, 0.15) is 61.8 Å². The van der Waals surface area contributed by atoms with Gasteiger partial charge >= 0.3 is 24.1 Å². The van der Waals surface area contributed by atoms with E-state index in [0.717, 1.165) is 51.1 Å². The summed E-state index contributed by atoms with van der Waals surface area (Å²) >= 11 is 0. The van der Waals surface area contributed by atoms with E-state index in [1.165, 1.54) is 7.05 Å². The van der Waals surface area contributed by atoms with E-state index >= 15 is 0 Å². The number of nitrogens with one attached hydrogen (secondary N) is 1. The van der Waals surface area contributed by atoms with Crippen molar-refractivity contribution in [1.82, 2.24) is 20.0 Å². The Labute approximate surface area is 294 Å². The van der Waals surface area contributed by atoms with Crippen molar-refractivity contribution in [2.45, 2.75) is 64.1 Å². The number of rotatable bonds is 13. The van der Waals surface area contributed by atoms with Crippen LogP contribution in [0.25, 0.3) is 11.1 Å². The Morgan fingerprint density at radius 3 is 2.00 bits per heavy atom. The van der Waals surface area contributed by atoms with E-state index in [2.05, 4.69) is 17.4 Å². The van der Waals surface area contributed by atoms with Crippen molar-refractivity contribution < 1.29 is 33.8 Å². The minimum absolute atomic E-state index is 0.0939. The number of likely N-dealkylation sites (N-methyl/N-ethyl adjacent to an activating group) is 1. The molecule has 3 aromatic rings. The number of nitrogens with zero attached hydrogens (tertiary/aromatic N) is 3. The quantitative estimate of drug-likeness (QED) is 0.226. The molecule has 0 spiro atoms. The molecule has 0 unspecified atom stereocenters. The zero-order chi connectivity index (χ0) is 35.8. The summed E-state index contributed by atoms with van der Waals surface area (Å²) in [7, 11) is 1.45. The molecular formula is C39H48N4O7. The SMILES string of the molecule is CCC(C)(CC)OC(=O)CN1CCN(C(=O)NCc2ccc(C[C@H](C(=O)O)N(C)C(=O)OCC3c4ccccc4-c4ccccc43)cc2)CC1. The van der Waals surface area contributed by atoms with Gasteiger partial charge in [-0.05, 0) is 53.1 Å². The number of hydrogen-bond acceptors (Lipinski definition) is 7. The van der Waals surface area contributed by atoms with Gasteiger partial charge in [0.25, 0.3) is 0 Å². The lowest BCUT2D eigenvalue weighted by atomic mass is 9.98. The van der Waals surface area contributed by atoms with E-state index in [-0.39, 0.29) is 37.5 Å². The molecule has 0 saturated carbocycles. The van der Waals surface area contributed by atoms with Gasteiger partial charge in [-0.2, -0.15) is 0 Å². The molecule has 1 fully saturated rings. The lowest BCUT2D eigenvalue weighted by Gasteiger charge is -2.35. The number of carboxylic acids is 1. The molecule has 1 heterocycles. The van der Waals surface area contributed by atoms with Crippen LogP contribution in [-0.2, 0) is 32.0 Å². The average Bonchev–Trinajstić information content (AvgIpc) is 3.45. The van der Waals surface area contributed by atoms with Crippen molar-refractivity contribution in [3.05, 3.63) is 95.1 Å². The van der Waals surface area contributed by atoms with Gasteiger partial charge in [-0.15, -0.1) is 0 Å². The summed E-state index contributed by atoms with van der Waals surface area (Å²) in [4.78, 5) is 55.5. The lowest BCUT2D eigenvalue weighted by molar-refractivity contribution is -0.160. The molecule has 3 aromatic carbocycles. The molecule has 0 radical (unpaired) electrons. The van der Waals surface area contributed by atoms with Crippen LogP contribution in [0.3, 0.4) is 0 Å². The fourth-order valence-electron chi connectivity index (χ4n) is 6.51. The Balaban J connectivity index is 1.07. The van der Waals surface area contributed by atoms with Crippen molar-refractivity contribution in [3.8, 4) is 11.1 Å². The molecule has 0 bridgehead atoms. The number of esters is 1. The van der Waals surface area contributed by atoms with E-state index in [4.69, 9.17) is 9.47 Å². The smallest absolute Gasteiger partial charge is 0.410 e. The molecule has 2 aliphatic rings. The van der Waals surface area contributed by atoms with Crippen LogP contribution in [0, 0.1) is 0 Å². The van der Waals surface area contributed by atoms with Crippen LogP contribution in [0.4, 0.5) is 9.59 Å². The minimum Gasteiger partial charge on any atom is -0.480 e. The zero-order valence-electron chi connectivity index (χ0n) is 29.4. The van der Waals surface area contributed by atoms with Gasteiger partial charge in [0, 0.05) is 52.1 Å². The Morgan fingerprint density at radius 2 is 1.44 bits per heavy atom. The van der Waals surface area contributed by atoms with Gasteiger partial charge in [-0.3, -0.25) is 14.6 Å². The van der Waals surface area contributed by atoms with Crippen molar-refractivity contribution in [2.75, 3.05) is 46.4 Å². The molecule has 1 aliphatic heterocycles. The fraction of sp³-hybridized carbons (Fsp3) is 0.436. The lowest BCUT2D eigenvalue weighted by Crippen LogP contribution is -2.52. The second kappa shape index (κ2) is 16.2. The van der Waals surface area contributed by atoms with Crippen molar-refractivity contribution >= 4 is 24.1 Å². The second-order valence-electron chi connectivity index (χ2n) is 13.3. The summed E-state index contributed by atoms with van der Waals surface area (Å²) in [5, 5.41) is 13.0. The Bertz CT molecular complexity index is 1620. The van der Waals surface area contributed by atoms with Crippen molar-refractivity contribution in [1.29, 1.82) is 0 Å². The number of hydrogen-bond donors (Lipinski definition) is 2. The number of benzene rings is 3. The highest BCUT2D eigenvalue weighted by molar-refractivity contribution is 5.81. The summed E-state index contributed by atoms with van der Waals surface area (Å²) in [5.41, 5.74) is 5.54. The van der Waals surface area contributed by atoms with E-state index in [0.29, 0.717) is 32.7 Å². The van der Waals surface area contributed by atoms with Crippen LogP contribution < -0.4 is 5.32 Å².